The van der Waals surface area contributed by atoms with Crippen molar-refractivity contribution in [1.82, 2.24) is 0 Å². The molecule has 0 spiro atoms. The summed E-state index contributed by atoms with van der Waals surface area (Å²) in [5.74, 6) is 2.39. The first-order valence-electron chi connectivity index (χ1n) is 10.7. The summed E-state index contributed by atoms with van der Waals surface area (Å²) in [6.45, 7) is 1.28. The molecular weight excluding hydrogens is 424 g/mol. The fourth-order valence-electron chi connectivity index (χ4n) is 3.98. The smallest absolute Gasteiger partial charge is 0.178 e. The van der Waals surface area contributed by atoms with Crippen molar-refractivity contribution < 1.29 is 22.3 Å². The van der Waals surface area contributed by atoms with Crippen LogP contribution in [0.1, 0.15) is 12.8 Å². The summed E-state index contributed by atoms with van der Waals surface area (Å²) in [7, 11) is -3.32. The number of rotatable bonds is 6. The first kappa shape index (κ1) is 20.8. The molecule has 1 aliphatic rings. The van der Waals surface area contributed by atoms with E-state index in [1.807, 2.05) is 54.6 Å². The van der Waals surface area contributed by atoms with Gasteiger partial charge < -0.3 is 13.9 Å². The van der Waals surface area contributed by atoms with Crippen LogP contribution in [0.5, 0.6) is 11.5 Å². The molecule has 1 aromatic heterocycles. The molecule has 164 valence electrons. The van der Waals surface area contributed by atoms with Crippen molar-refractivity contribution in [3.05, 3.63) is 78.9 Å². The molecule has 0 aliphatic carbocycles. The largest absolute Gasteiger partial charge is 0.457 e. The summed E-state index contributed by atoms with van der Waals surface area (Å²) < 4.78 is 42.6. The molecule has 32 heavy (non-hydrogen) atoms. The lowest BCUT2D eigenvalue weighted by atomic mass is 10.0. The van der Waals surface area contributed by atoms with E-state index in [1.165, 1.54) is 0 Å². The average molecular weight is 449 g/mol. The Morgan fingerprint density at radius 2 is 1.50 bits per heavy atom. The molecule has 0 atom stereocenters. The third kappa shape index (κ3) is 4.56. The monoisotopic (exact) mass is 448 g/mol. The number of fused-ring (bicyclic) bond motifs is 1. The number of para-hydroxylation sites is 1. The molecule has 2 heterocycles. The van der Waals surface area contributed by atoms with Crippen molar-refractivity contribution in [2.75, 3.05) is 19.0 Å². The van der Waals surface area contributed by atoms with Gasteiger partial charge in [-0.15, -0.1) is 0 Å². The second kappa shape index (κ2) is 8.81. The molecule has 3 aromatic carbocycles. The third-order valence-electron chi connectivity index (χ3n) is 5.78. The molecule has 1 fully saturated rings. The van der Waals surface area contributed by atoms with E-state index >= 15 is 0 Å². The quantitative estimate of drug-likeness (QED) is 0.357. The third-order valence-corrected chi connectivity index (χ3v) is 7.68. The zero-order valence-electron chi connectivity index (χ0n) is 17.6. The molecular formula is C26H24O5S. The lowest BCUT2D eigenvalue weighted by molar-refractivity contribution is 0.0723. The Morgan fingerprint density at radius 3 is 2.19 bits per heavy atom. The van der Waals surface area contributed by atoms with Crippen molar-refractivity contribution in [2.45, 2.75) is 17.7 Å². The van der Waals surface area contributed by atoms with Gasteiger partial charge in [0.05, 0.1) is 10.6 Å². The van der Waals surface area contributed by atoms with E-state index in [-0.39, 0.29) is 11.7 Å². The van der Waals surface area contributed by atoms with Crippen LogP contribution in [-0.2, 0) is 14.6 Å². The molecule has 0 radical (unpaired) electrons. The van der Waals surface area contributed by atoms with Crippen LogP contribution in [0.25, 0.3) is 22.3 Å². The minimum absolute atomic E-state index is 0.162. The Hall–Kier alpha value is -3.09. The highest BCUT2D eigenvalue weighted by Gasteiger charge is 2.23. The summed E-state index contributed by atoms with van der Waals surface area (Å²) in [5.41, 5.74) is 1.82. The van der Waals surface area contributed by atoms with Crippen LogP contribution < -0.4 is 4.74 Å². The SMILES string of the molecule is O=S(=O)(CC1CCOCC1)c1ccc(Oc2ccc(-c3cc4ccccc4o3)cc2)cc1. The maximum Gasteiger partial charge on any atom is 0.178 e. The lowest BCUT2D eigenvalue weighted by Gasteiger charge is -2.21. The molecule has 0 amide bonds. The van der Waals surface area contributed by atoms with E-state index in [0.717, 1.165) is 35.1 Å². The predicted molar refractivity (Wildman–Crippen MR) is 124 cm³/mol. The minimum atomic E-state index is -3.32. The molecule has 5 nitrogen and oxygen atoms in total. The van der Waals surface area contributed by atoms with Gasteiger partial charge in [0.1, 0.15) is 22.8 Å². The number of sulfone groups is 1. The molecule has 4 aromatic rings. The van der Waals surface area contributed by atoms with Gasteiger partial charge in [-0.05, 0) is 79.4 Å². The minimum Gasteiger partial charge on any atom is -0.457 e. The second-order valence-corrected chi connectivity index (χ2v) is 10.1. The molecule has 0 bridgehead atoms. The van der Waals surface area contributed by atoms with Gasteiger partial charge >= 0.3 is 0 Å². The topological polar surface area (TPSA) is 65.7 Å². The van der Waals surface area contributed by atoms with E-state index in [9.17, 15) is 8.42 Å². The highest BCUT2D eigenvalue weighted by atomic mass is 32.2. The van der Waals surface area contributed by atoms with Crippen LogP contribution in [0.15, 0.2) is 88.2 Å². The van der Waals surface area contributed by atoms with Crippen molar-refractivity contribution in [3.8, 4) is 22.8 Å². The van der Waals surface area contributed by atoms with Crippen molar-refractivity contribution >= 4 is 20.8 Å². The highest BCUT2D eigenvalue weighted by Crippen LogP contribution is 2.30. The summed E-state index contributed by atoms with van der Waals surface area (Å²) in [6.07, 6.45) is 1.59. The zero-order chi connectivity index (χ0) is 22.0. The molecule has 1 aliphatic heterocycles. The molecule has 1 saturated heterocycles. The summed E-state index contributed by atoms with van der Waals surface area (Å²) in [6, 6.07) is 24.2. The van der Waals surface area contributed by atoms with E-state index in [0.29, 0.717) is 29.6 Å². The van der Waals surface area contributed by atoms with Gasteiger partial charge in [-0.1, -0.05) is 18.2 Å². The maximum absolute atomic E-state index is 12.7. The molecule has 5 rings (SSSR count). The lowest BCUT2D eigenvalue weighted by Crippen LogP contribution is -2.23. The maximum atomic E-state index is 12.7. The van der Waals surface area contributed by atoms with Gasteiger partial charge in [0.2, 0.25) is 0 Å². The van der Waals surface area contributed by atoms with Crippen LogP contribution in [-0.4, -0.2) is 27.4 Å². The van der Waals surface area contributed by atoms with Gasteiger partial charge in [0, 0.05) is 24.2 Å². The first-order chi connectivity index (χ1) is 15.6. The number of ether oxygens (including phenoxy) is 2. The van der Waals surface area contributed by atoms with E-state index < -0.39 is 9.84 Å². The van der Waals surface area contributed by atoms with E-state index in [4.69, 9.17) is 13.9 Å². The number of benzene rings is 3. The van der Waals surface area contributed by atoms with Crippen LogP contribution in [0.2, 0.25) is 0 Å². The molecule has 0 N–H and O–H groups in total. The number of hydrogen-bond donors (Lipinski definition) is 0. The summed E-state index contributed by atoms with van der Waals surface area (Å²) in [4.78, 5) is 0.330. The van der Waals surface area contributed by atoms with E-state index in [2.05, 4.69) is 0 Å². The second-order valence-electron chi connectivity index (χ2n) is 8.08. The van der Waals surface area contributed by atoms with Crippen LogP contribution in [0.4, 0.5) is 0 Å². The fraction of sp³-hybridized carbons (Fsp3) is 0.231. The fourth-order valence-corrected chi connectivity index (χ4v) is 5.68. The zero-order valence-corrected chi connectivity index (χ0v) is 18.4. The van der Waals surface area contributed by atoms with Crippen molar-refractivity contribution in [1.29, 1.82) is 0 Å². The standard InChI is InChI=1S/C26H24O5S/c27-32(28,18-19-13-15-29-16-14-19)24-11-9-23(10-12-24)30-22-7-5-20(6-8-22)26-17-21-3-1-2-4-25(21)31-26/h1-12,17,19H,13-16,18H2. The Morgan fingerprint density at radius 1 is 0.844 bits per heavy atom. The van der Waals surface area contributed by atoms with Gasteiger partial charge in [-0.3, -0.25) is 0 Å². The van der Waals surface area contributed by atoms with Crippen molar-refractivity contribution in [3.63, 3.8) is 0 Å². The Kier molecular flexibility index (Phi) is 5.72. The average Bonchev–Trinajstić information content (AvgIpc) is 3.25. The molecule has 0 unspecified atom stereocenters. The summed E-state index contributed by atoms with van der Waals surface area (Å²) in [5, 5.41) is 1.06. The van der Waals surface area contributed by atoms with Crippen LogP contribution in [0.3, 0.4) is 0 Å². The van der Waals surface area contributed by atoms with Gasteiger partial charge in [0.15, 0.2) is 9.84 Å². The van der Waals surface area contributed by atoms with Gasteiger partial charge in [-0.25, -0.2) is 8.42 Å². The number of furan rings is 1. The summed E-state index contributed by atoms with van der Waals surface area (Å²) >= 11 is 0. The molecule has 0 saturated carbocycles. The van der Waals surface area contributed by atoms with Crippen LogP contribution >= 0.6 is 0 Å². The Labute approximate surface area is 187 Å². The Balaban J connectivity index is 1.26. The normalized spacial score (nSPS) is 15.1. The number of hydrogen-bond acceptors (Lipinski definition) is 5. The van der Waals surface area contributed by atoms with Gasteiger partial charge in [-0.2, -0.15) is 0 Å². The first-order valence-corrected chi connectivity index (χ1v) is 12.4. The van der Waals surface area contributed by atoms with E-state index in [1.54, 1.807) is 24.3 Å². The van der Waals surface area contributed by atoms with Crippen molar-refractivity contribution in [2.24, 2.45) is 5.92 Å². The molecule has 6 heteroatoms. The van der Waals surface area contributed by atoms with Crippen LogP contribution in [0, 0.1) is 5.92 Å². The predicted octanol–water partition coefficient (Wildman–Crippen LogP) is 6.09. The highest BCUT2D eigenvalue weighted by molar-refractivity contribution is 7.91. The Bertz CT molecular complexity index is 1270. The van der Waals surface area contributed by atoms with Gasteiger partial charge in [0.25, 0.3) is 0 Å².